The highest BCUT2D eigenvalue weighted by Crippen LogP contribution is 2.37. The number of benzene rings is 1. The topological polar surface area (TPSA) is 57.4 Å². The van der Waals surface area contributed by atoms with Gasteiger partial charge in [-0.3, -0.25) is 0 Å². The molecule has 0 N–H and O–H groups in total. The van der Waals surface area contributed by atoms with Crippen molar-refractivity contribution >= 4 is 0 Å². The molecule has 0 radical (unpaired) electrons. The third-order valence-corrected chi connectivity index (χ3v) is 3.76. The molecule has 2 heterocycles. The van der Waals surface area contributed by atoms with Gasteiger partial charge in [-0.15, -0.1) is 10.2 Å². The molecule has 19 heavy (non-hydrogen) atoms. The molecule has 5 heteroatoms. The molecule has 1 aliphatic carbocycles. The molecule has 2 aliphatic rings. The van der Waals surface area contributed by atoms with E-state index in [-0.39, 0.29) is 6.79 Å². The van der Waals surface area contributed by atoms with Gasteiger partial charge in [-0.05, 0) is 31.0 Å². The second-order valence-electron chi connectivity index (χ2n) is 4.99. The van der Waals surface area contributed by atoms with E-state index in [1.807, 2.05) is 18.2 Å². The number of hydrogen-bond acceptors (Lipinski definition) is 5. The van der Waals surface area contributed by atoms with Crippen molar-refractivity contribution < 1.29 is 13.9 Å². The van der Waals surface area contributed by atoms with E-state index >= 15 is 0 Å². The zero-order valence-corrected chi connectivity index (χ0v) is 10.5. The van der Waals surface area contributed by atoms with Crippen LogP contribution in [-0.4, -0.2) is 17.0 Å². The summed E-state index contributed by atoms with van der Waals surface area (Å²) in [6, 6.07) is 5.67. The quantitative estimate of drug-likeness (QED) is 0.828. The summed E-state index contributed by atoms with van der Waals surface area (Å²) in [5.41, 5.74) is 0.876. The van der Waals surface area contributed by atoms with Crippen molar-refractivity contribution in [1.29, 1.82) is 0 Å². The summed E-state index contributed by atoms with van der Waals surface area (Å²) in [7, 11) is 0. The normalized spacial score (nSPS) is 18.1. The van der Waals surface area contributed by atoms with E-state index in [0.717, 1.165) is 35.8 Å². The van der Waals surface area contributed by atoms with Gasteiger partial charge < -0.3 is 13.9 Å². The number of nitrogens with zero attached hydrogens (tertiary/aromatic N) is 2. The van der Waals surface area contributed by atoms with Gasteiger partial charge in [-0.25, -0.2) is 0 Å². The van der Waals surface area contributed by atoms with Crippen LogP contribution in [0.5, 0.6) is 11.5 Å². The van der Waals surface area contributed by atoms with Crippen LogP contribution in [-0.2, 0) is 0 Å². The van der Waals surface area contributed by atoms with Crippen LogP contribution in [0, 0.1) is 0 Å². The van der Waals surface area contributed by atoms with Crippen molar-refractivity contribution in [2.75, 3.05) is 6.79 Å². The summed E-state index contributed by atoms with van der Waals surface area (Å²) < 4.78 is 16.4. The second kappa shape index (κ2) is 4.26. The lowest BCUT2D eigenvalue weighted by atomic mass is 10.1. The van der Waals surface area contributed by atoms with Crippen molar-refractivity contribution in [1.82, 2.24) is 10.2 Å². The molecule has 4 rings (SSSR count). The van der Waals surface area contributed by atoms with Crippen LogP contribution >= 0.6 is 0 Å². The molecular formula is C14H14N2O3. The minimum Gasteiger partial charge on any atom is -0.454 e. The lowest BCUT2D eigenvalue weighted by Gasteiger charge is -2.01. The predicted octanol–water partition coefficient (Wildman–Crippen LogP) is 3.12. The average Bonchev–Trinajstić information content (AvgIpc) is 3.18. The van der Waals surface area contributed by atoms with E-state index in [1.165, 1.54) is 12.8 Å². The molecule has 1 saturated carbocycles. The molecule has 0 amide bonds. The Morgan fingerprint density at radius 3 is 2.74 bits per heavy atom. The lowest BCUT2D eigenvalue weighted by molar-refractivity contribution is 0.174. The molecule has 0 spiro atoms. The maximum Gasteiger partial charge on any atom is 0.247 e. The lowest BCUT2D eigenvalue weighted by Crippen LogP contribution is -1.92. The largest absolute Gasteiger partial charge is 0.454 e. The number of aromatic nitrogens is 2. The Morgan fingerprint density at radius 1 is 1.00 bits per heavy atom. The minimum atomic E-state index is 0.274. The molecule has 1 aromatic carbocycles. The van der Waals surface area contributed by atoms with Gasteiger partial charge in [-0.2, -0.15) is 0 Å². The van der Waals surface area contributed by atoms with Gasteiger partial charge in [0.25, 0.3) is 0 Å². The second-order valence-corrected chi connectivity index (χ2v) is 4.99. The standard InChI is InChI=1S/C14H14N2O3/c1-2-4-9(3-1)13-15-16-14(19-13)10-5-6-11-12(7-10)18-8-17-11/h5-7,9H,1-4,8H2. The predicted molar refractivity (Wildman–Crippen MR) is 67.1 cm³/mol. The Bertz CT molecular complexity index is 602. The molecule has 98 valence electrons. The van der Waals surface area contributed by atoms with Gasteiger partial charge in [0.15, 0.2) is 11.5 Å². The molecule has 0 bridgehead atoms. The molecule has 5 nitrogen and oxygen atoms in total. The van der Waals surface area contributed by atoms with Gasteiger partial charge in [0.1, 0.15) is 0 Å². The molecule has 1 aromatic heterocycles. The smallest absolute Gasteiger partial charge is 0.247 e. The molecule has 2 aromatic rings. The molecule has 0 unspecified atom stereocenters. The first-order valence-electron chi connectivity index (χ1n) is 6.63. The van der Waals surface area contributed by atoms with Crippen molar-refractivity contribution in [3.8, 4) is 23.0 Å². The Morgan fingerprint density at radius 2 is 1.84 bits per heavy atom. The maximum atomic E-state index is 5.79. The third-order valence-electron chi connectivity index (χ3n) is 3.76. The number of hydrogen-bond donors (Lipinski definition) is 0. The van der Waals surface area contributed by atoms with Crippen molar-refractivity contribution in [2.45, 2.75) is 31.6 Å². The highest BCUT2D eigenvalue weighted by atomic mass is 16.7. The van der Waals surface area contributed by atoms with Crippen LogP contribution in [0.3, 0.4) is 0 Å². The van der Waals surface area contributed by atoms with Crippen molar-refractivity contribution in [3.05, 3.63) is 24.1 Å². The van der Waals surface area contributed by atoms with Crippen molar-refractivity contribution in [2.24, 2.45) is 0 Å². The highest BCUT2D eigenvalue weighted by molar-refractivity contribution is 5.60. The van der Waals surface area contributed by atoms with Gasteiger partial charge in [0, 0.05) is 11.5 Å². The van der Waals surface area contributed by atoms with Crippen LogP contribution in [0.4, 0.5) is 0 Å². The molecule has 1 fully saturated rings. The summed E-state index contributed by atoms with van der Waals surface area (Å²) in [6.07, 6.45) is 4.82. The van der Waals surface area contributed by atoms with Crippen molar-refractivity contribution in [3.63, 3.8) is 0 Å². The Hall–Kier alpha value is -2.04. The first-order chi connectivity index (χ1) is 9.40. The summed E-state index contributed by atoms with van der Waals surface area (Å²) in [6.45, 7) is 0.274. The Balaban J connectivity index is 1.65. The molecule has 0 saturated heterocycles. The monoisotopic (exact) mass is 258 g/mol. The number of rotatable bonds is 2. The Kier molecular flexibility index (Phi) is 2.43. The first kappa shape index (κ1) is 10.8. The van der Waals surface area contributed by atoms with Gasteiger partial charge in [-0.1, -0.05) is 12.8 Å². The van der Waals surface area contributed by atoms with Crippen LogP contribution in [0.25, 0.3) is 11.5 Å². The fourth-order valence-electron chi connectivity index (χ4n) is 2.72. The molecule has 1 aliphatic heterocycles. The minimum absolute atomic E-state index is 0.274. The molecule has 0 atom stereocenters. The van der Waals surface area contributed by atoms with Gasteiger partial charge in [0.05, 0.1) is 0 Å². The first-order valence-corrected chi connectivity index (χ1v) is 6.63. The third kappa shape index (κ3) is 1.85. The number of fused-ring (bicyclic) bond motifs is 1. The van der Waals surface area contributed by atoms with E-state index in [2.05, 4.69) is 10.2 Å². The van der Waals surface area contributed by atoms with E-state index < -0.39 is 0 Å². The van der Waals surface area contributed by atoms with Crippen LogP contribution < -0.4 is 9.47 Å². The van der Waals surface area contributed by atoms with Crippen LogP contribution in [0.1, 0.15) is 37.5 Å². The fourth-order valence-corrected chi connectivity index (χ4v) is 2.72. The summed E-state index contributed by atoms with van der Waals surface area (Å²) in [5.74, 6) is 3.26. The van der Waals surface area contributed by atoms with E-state index in [0.29, 0.717) is 11.8 Å². The van der Waals surface area contributed by atoms with E-state index in [4.69, 9.17) is 13.9 Å². The van der Waals surface area contributed by atoms with Gasteiger partial charge >= 0.3 is 0 Å². The Labute approximate surface area is 110 Å². The summed E-state index contributed by atoms with van der Waals surface area (Å²) in [5, 5.41) is 8.32. The fraction of sp³-hybridized carbons (Fsp3) is 0.429. The molecular weight excluding hydrogens is 244 g/mol. The zero-order valence-electron chi connectivity index (χ0n) is 10.5. The SMILES string of the molecule is c1cc2c(cc1-c1nnc(C3CCCC3)o1)OCO2. The number of ether oxygens (including phenoxy) is 2. The van der Waals surface area contributed by atoms with Crippen LogP contribution in [0.15, 0.2) is 22.6 Å². The van der Waals surface area contributed by atoms with E-state index in [9.17, 15) is 0 Å². The summed E-state index contributed by atoms with van der Waals surface area (Å²) in [4.78, 5) is 0. The maximum absolute atomic E-state index is 5.79. The average molecular weight is 258 g/mol. The highest BCUT2D eigenvalue weighted by Gasteiger charge is 2.23. The zero-order chi connectivity index (χ0) is 12.7. The van der Waals surface area contributed by atoms with E-state index in [1.54, 1.807) is 0 Å². The van der Waals surface area contributed by atoms with Gasteiger partial charge in [0.2, 0.25) is 18.6 Å². The summed E-state index contributed by atoms with van der Waals surface area (Å²) >= 11 is 0. The van der Waals surface area contributed by atoms with Crippen LogP contribution in [0.2, 0.25) is 0 Å².